The normalized spacial score (nSPS) is 15.5. The van der Waals surface area contributed by atoms with Gasteiger partial charge in [0.2, 0.25) is 5.52 Å². The topological polar surface area (TPSA) is 119 Å². The van der Waals surface area contributed by atoms with E-state index in [9.17, 15) is 25.9 Å². The van der Waals surface area contributed by atoms with E-state index >= 15 is 0 Å². The molecule has 1 N–H and O–H groups in total. The standard InChI is InChI=1S/C29H28N2O6S6/c1-2-19(17-26-30(11-3-15-42(32,33)34)28-20-9-13-38-22(20)5-7-24(28)40-26)18-27-31(12-4-16-43(35,36)37)29-21-10-14-39-23(21)6-8-25(29)41-27/h5-10,13-14,17-18H,2-4,11-12,15-16H2,1H3,(H-,32,33,34,35,36,37). The van der Waals surface area contributed by atoms with Crippen LogP contribution in [-0.2, 0) is 26.8 Å². The fourth-order valence-corrected chi connectivity index (χ4v) is 10.2. The molecule has 1 aliphatic heterocycles. The molecule has 8 nitrogen and oxygen atoms in total. The highest BCUT2D eigenvalue weighted by Gasteiger charge is 2.28. The second kappa shape index (κ2) is 12.2. The molecule has 3 aromatic heterocycles. The summed E-state index contributed by atoms with van der Waals surface area (Å²) in [4.78, 5) is 3.24. The van der Waals surface area contributed by atoms with Crippen LogP contribution >= 0.6 is 45.8 Å². The molecule has 0 unspecified atom stereocenters. The molecular formula is C29H28N2O6S6. The molecule has 14 heteroatoms. The minimum Gasteiger partial charge on any atom is -0.748 e. The molecule has 0 fully saturated rings. The van der Waals surface area contributed by atoms with Gasteiger partial charge in [-0.25, -0.2) is 8.42 Å². The Labute approximate surface area is 266 Å². The van der Waals surface area contributed by atoms with Gasteiger partial charge in [0.15, 0.2) is 6.54 Å². The van der Waals surface area contributed by atoms with Crippen LogP contribution in [-0.4, -0.2) is 44.0 Å². The molecule has 43 heavy (non-hydrogen) atoms. The lowest BCUT2D eigenvalue weighted by Crippen LogP contribution is -2.36. The van der Waals surface area contributed by atoms with Crippen LogP contribution in [0.5, 0.6) is 0 Å². The SMILES string of the molecule is CCC(=Cc1sc2ccc3sccc3c2[n+]1CCCS(=O)(=O)[O-])C=C1Sc2ccc3sccc3c2N1CCCS(=O)(=O)O. The van der Waals surface area contributed by atoms with Crippen LogP contribution in [0.15, 0.2) is 68.7 Å². The maximum absolute atomic E-state index is 11.5. The van der Waals surface area contributed by atoms with Crippen molar-refractivity contribution < 1.29 is 30.5 Å². The summed E-state index contributed by atoms with van der Waals surface area (Å²) in [6.45, 7) is 2.91. The van der Waals surface area contributed by atoms with Crippen LogP contribution in [0.25, 0.3) is 36.5 Å². The Morgan fingerprint density at radius 1 is 0.953 bits per heavy atom. The maximum Gasteiger partial charge on any atom is 0.264 e. The van der Waals surface area contributed by atoms with Crippen molar-refractivity contribution in [2.75, 3.05) is 23.0 Å². The zero-order valence-electron chi connectivity index (χ0n) is 23.1. The van der Waals surface area contributed by atoms with Gasteiger partial charge in [-0.3, -0.25) is 4.55 Å². The van der Waals surface area contributed by atoms with Gasteiger partial charge in [0.25, 0.3) is 15.1 Å². The van der Waals surface area contributed by atoms with E-state index in [2.05, 4.69) is 64.9 Å². The monoisotopic (exact) mass is 692 g/mol. The van der Waals surface area contributed by atoms with E-state index in [1.165, 1.54) is 0 Å². The van der Waals surface area contributed by atoms with Crippen molar-refractivity contribution in [3.63, 3.8) is 0 Å². The Morgan fingerprint density at radius 2 is 1.65 bits per heavy atom. The molecule has 2 aromatic carbocycles. The summed E-state index contributed by atoms with van der Waals surface area (Å²) in [6.07, 6.45) is 5.48. The van der Waals surface area contributed by atoms with Crippen molar-refractivity contribution in [3.05, 3.63) is 68.8 Å². The predicted octanol–water partition coefficient (Wildman–Crippen LogP) is 7.08. The summed E-state index contributed by atoms with van der Waals surface area (Å²) >= 11 is 6.58. The number of allylic oxidation sites excluding steroid dienone is 2. The number of aromatic nitrogens is 1. The third-order valence-electron chi connectivity index (χ3n) is 7.23. The first-order chi connectivity index (χ1) is 20.5. The van der Waals surface area contributed by atoms with Crippen molar-refractivity contribution in [3.8, 4) is 0 Å². The summed E-state index contributed by atoms with van der Waals surface area (Å²) in [6, 6.07) is 12.6. The van der Waals surface area contributed by atoms with Gasteiger partial charge >= 0.3 is 0 Å². The van der Waals surface area contributed by atoms with Gasteiger partial charge in [0, 0.05) is 44.5 Å². The van der Waals surface area contributed by atoms with Gasteiger partial charge in [-0.1, -0.05) is 30.0 Å². The lowest BCUT2D eigenvalue weighted by molar-refractivity contribution is -0.667. The van der Waals surface area contributed by atoms with Crippen molar-refractivity contribution in [2.24, 2.45) is 0 Å². The molecular weight excluding hydrogens is 665 g/mol. The summed E-state index contributed by atoms with van der Waals surface area (Å²) < 4.78 is 72.0. The number of hydrogen-bond donors (Lipinski definition) is 1. The predicted molar refractivity (Wildman–Crippen MR) is 179 cm³/mol. The van der Waals surface area contributed by atoms with Gasteiger partial charge in [-0.15, -0.1) is 22.7 Å². The lowest BCUT2D eigenvalue weighted by Gasteiger charge is -2.21. The first-order valence-electron chi connectivity index (χ1n) is 13.6. The third kappa shape index (κ3) is 6.71. The Balaban J connectivity index is 1.42. The highest BCUT2D eigenvalue weighted by molar-refractivity contribution is 8.03. The number of thiazole rings is 1. The van der Waals surface area contributed by atoms with Gasteiger partial charge < -0.3 is 9.45 Å². The largest absolute Gasteiger partial charge is 0.748 e. The van der Waals surface area contributed by atoms with Crippen molar-refractivity contribution in [1.82, 2.24) is 0 Å². The van der Waals surface area contributed by atoms with Crippen LogP contribution in [0, 0.1) is 0 Å². The molecule has 0 aliphatic carbocycles. The highest BCUT2D eigenvalue weighted by atomic mass is 32.2. The fraction of sp³-hybridized carbons (Fsp3) is 0.276. The second-order valence-electron chi connectivity index (χ2n) is 10.1. The minimum atomic E-state index is -4.32. The number of rotatable bonds is 11. The molecule has 4 heterocycles. The molecule has 0 spiro atoms. The lowest BCUT2D eigenvalue weighted by atomic mass is 10.1. The Bertz CT molecular complexity index is 2120. The Morgan fingerprint density at radius 3 is 2.37 bits per heavy atom. The first kappa shape index (κ1) is 30.7. The quantitative estimate of drug-likeness (QED) is 0.115. The zero-order valence-corrected chi connectivity index (χ0v) is 28.0. The van der Waals surface area contributed by atoms with Crippen LogP contribution < -0.4 is 9.47 Å². The van der Waals surface area contributed by atoms with Crippen molar-refractivity contribution in [2.45, 2.75) is 37.6 Å². The van der Waals surface area contributed by atoms with Gasteiger partial charge in [0.05, 0.1) is 32.0 Å². The number of aryl methyl sites for hydroxylation is 1. The number of fused-ring (bicyclic) bond motifs is 6. The molecule has 226 valence electrons. The highest BCUT2D eigenvalue weighted by Crippen LogP contribution is 2.50. The zero-order chi connectivity index (χ0) is 30.4. The van der Waals surface area contributed by atoms with E-state index in [4.69, 9.17) is 0 Å². The molecule has 0 saturated heterocycles. The maximum atomic E-state index is 11.5. The molecule has 6 rings (SSSR count). The van der Waals surface area contributed by atoms with Crippen LogP contribution in [0.1, 0.15) is 31.2 Å². The van der Waals surface area contributed by atoms with Crippen LogP contribution in [0.2, 0.25) is 0 Å². The van der Waals surface area contributed by atoms with E-state index in [0.717, 1.165) is 63.0 Å². The number of anilines is 1. The first-order valence-corrected chi connectivity index (χ1v) is 20.2. The molecule has 0 saturated carbocycles. The van der Waals surface area contributed by atoms with Crippen LogP contribution in [0.3, 0.4) is 0 Å². The van der Waals surface area contributed by atoms with E-state index in [1.54, 1.807) is 45.8 Å². The summed E-state index contributed by atoms with van der Waals surface area (Å²) in [5.74, 6) is -0.736. The average Bonchev–Trinajstić information content (AvgIpc) is 3.71. The van der Waals surface area contributed by atoms with E-state index in [1.807, 2.05) is 10.8 Å². The van der Waals surface area contributed by atoms with E-state index < -0.39 is 26.0 Å². The summed E-state index contributed by atoms with van der Waals surface area (Å²) in [7, 11) is -8.40. The molecule has 5 aromatic rings. The van der Waals surface area contributed by atoms with Gasteiger partial charge in [-0.2, -0.15) is 13.0 Å². The Hall–Kier alpha value is -2.30. The van der Waals surface area contributed by atoms with Crippen LogP contribution in [0.4, 0.5) is 5.69 Å². The molecule has 0 bridgehead atoms. The smallest absolute Gasteiger partial charge is 0.264 e. The van der Waals surface area contributed by atoms with Crippen molar-refractivity contribution in [1.29, 1.82) is 0 Å². The van der Waals surface area contributed by atoms with Crippen molar-refractivity contribution >= 4 is 108 Å². The van der Waals surface area contributed by atoms with Gasteiger partial charge in [-0.05, 0) is 71.6 Å². The van der Waals surface area contributed by atoms with Gasteiger partial charge in [0.1, 0.15) is 4.70 Å². The average molecular weight is 693 g/mol. The summed E-state index contributed by atoms with van der Waals surface area (Å²) in [5.41, 5.74) is 3.14. The number of thioether (sulfide) groups is 1. The minimum absolute atomic E-state index is 0.218. The molecule has 0 atom stereocenters. The number of benzene rings is 2. The number of hydrogen-bond acceptors (Lipinski definition) is 10. The van der Waals surface area contributed by atoms with E-state index in [-0.39, 0.29) is 18.6 Å². The molecule has 0 amide bonds. The Kier molecular flexibility index (Phi) is 8.74. The third-order valence-corrected chi connectivity index (χ3v) is 12.8. The van der Waals surface area contributed by atoms with E-state index in [0.29, 0.717) is 13.1 Å². The number of thiophene rings is 2. The molecule has 1 aliphatic rings. The second-order valence-corrected chi connectivity index (χ2v) is 17.3. The fourth-order valence-electron chi connectivity index (χ4n) is 5.32. The molecule has 0 radical (unpaired) electrons. The summed E-state index contributed by atoms with van der Waals surface area (Å²) in [5, 5.41) is 8.25. The number of nitrogens with zero attached hydrogens (tertiary/aromatic N) is 2.